The summed E-state index contributed by atoms with van der Waals surface area (Å²) in [5.74, 6) is -0.0684. The molecule has 2 aromatic rings. The fourth-order valence-corrected chi connectivity index (χ4v) is 4.68. The van der Waals surface area contributed by atoms with Crippen LogP contribution in [0.1, 0.15) is 95.0 Å². The Morgan fingerprint density at radius 3 is 1.67 bits per heavy atom. The molecule has 1 N–H and O–H groups in total. The Morgan fingerprint density at radius 1 is 0.750 bits per heavy atom. The van der Waals surface area contributed by atoms with Crippen molar-refractivity contribution in [3.8, 4) is 5.75 Å². The summed E-state index contributed by atoms with van der Waals surface area (Å²) in [4.78, 5) is 11.6. The van der Waals surface area contributed by atoms with E-state index in [-0.39, 0.29) is 11.5 Å². The molecule has 0 spiro atoms. The van der Waals surface area contributed by atoms with Gasteiger partial charge in [0.2, 0.25) is 0 Å². The Kier molecular flexibility index (Phi) is 17.3. The van der Waals surface area contributed by atoms with Gasteiger partial charge in [-0.25, -0.2) is 0 Å². The van der Waals surface area contributed by atoms with Crippen LogP contribution in [0.5, 0.6) is 5.75 Å². The predicted octanol–water partition coefficient (Wildman–Crippen LogP) is 9.82. The summed E-state index contributed by atoms with van der Waals surface area (Å²) in [7, 11) is 14.9. The van der Waals surface area contributed by atoms with Gasteiger partial charge in [-0.1, -0.05) is 83.7 Å². The van der Waals surface area contributed by atoms with Crippen LogP contribution in [0.4, 0.5) is 0 Å². The van der Waals surface area contributed by atoms with E-state index in [0.717, 1.165) is 16.3 Å². The summed E-state index contributed by atoms with van der Waals surface area (Å²) in [5.41, 5.74) is 1.41. The molecule has 0 saturated heterocycles. The third-order valence-electron chi connectivity index (χ3n) is 6.66. The molecule has 0 radical (unpaired) electrons. The van der Waals surface area contributed by atoms with Gasteiger partial charge in [0.25, 0.3) is 0 Å². The van der Waals surface area contributed by atoms with E-state index in [2.05, 4.69) is 27.7 Å². The number of hydrogen-bond acceptors (Lipinski definition) is 2. The average Bonchev–Trinajstić information content (AvgIpc) is 2.86. The third kappa shape index (κ3) is 11.4. The topological polar surface area (TPSA) is 37.3 Å². The predicted molar refractivity (Wildman–Crippen MR) is 156 cm³/mol. The van der Waals surface area contributed by atoms with Crippen molar-refractivity contribution in [3.05, 3.63) is 47.5 Å². The van der Waals surface area contributed by atoms with Crippen LogP contribution in [0.2, 0.25) is 0 Å². The molecule has 0 unspecified atom stereocenters. The van der Waals surface area contributed by atoms with Gasteiger partial charge in [-0.2, -0.15) is 0 Å². The summed E-state index contributed by atoms with van der Waals surface area (Å²) in [6.07, 6.45) is 14.3. The monoisotopic (exact) mass is 738 g/mol. The first-order chi connectivity index (χ1) is 17.2. The molecule has 0 heterocycles. The van der Waals surface area contributed by atoms with Crippen LogP contribution in [0.15, 0.2) is 36.4 Å². The van der Waals surface area contributed by atoms with Crippen LogP contribution in [-0.2, 0) is 14.2 Å². The molecule has 0 aliphatic heterocycles. The standard InChI is InChI=1S/C16H36N.C13H8O2.3ClH.Pt/c1-5-9-13-17(14-10-6-2,15-11-7-3)16-12-8-4;14-10-6-4-8-2-1-3-9-5-7-11(15)13(10)12(8)9;;;;/h5-16H2,1-4H3;1-7,14H;3*1H;/q+1;;;;;+2/p-3. The van der Waals surface area contributed by atoms with Crippen molar-refractivity contribution in [1.29, 1.82) is 0 Å². The van der Waals surface area contributed by atoms with E-state index in [1.807, 2.05) is 24.3 Å². The van der Waals surface area contributed by atoms with Gasteiger partial charge in [0.05, 0.1) is 31.7 Å². The number of carbonyl (C=O) groups is 1. The number of allylic oxidation sites excluding steroid dienone is 1. The molecule has 1 aliphatic rings. The molecule has 0 bridgehead atoms. The third-order valence-corrected chi connectivity index (χ3v) is 6.66. The van der Waals surface area contributed by atoms with Crippen LogP contribution in [0.3, 0.4) is 0 Å². The molecule has 0 aromatic heterocycles. The molecule has 0 saturated carbocycles. The Hall–Kier alpha value is -0.572. The number of ketones is 1. The molecule has 3 rings (SSSR count). The first-order valence-electron chi connectivity index (χ1n) is 13.2. The molecule has 0 atom stereocenters. The van der Waals surface area contributed by atoms with Gasteiger partial charge >= 0.3 is 42.4 Å². The molecule has 3 nitrogen and oxygen atoms in total. The minimum absolute atomic E-state index is 0.0595. The average molecular weight is 740 g/mol. The van der Waals surface area contributed by atoms with E-state index in [1.54, 1.807) is 12.1 Å². The molecular weight excluding hydrogens is 696 g/mol. The number of aromatic hydroxyl groups is 1. The van der Waals surface area contributed by atoms with Gasteiger partial charge in [0.15, 0.2) is 5.78 Å². The Bertz CT molecular complexity index is 909. The number of phenolic OH excluding ortho intramolecular Hbond substituents is 1. The number of halogens is 3. The summed E-state index contributed by atoms with van der Waals surface area (Å²) >= 11 is -1.85. The second-order valence-corrected chi connectivity index (χ2v) is 19.2. The second kappa shape index (κ2) is 18.6. The number of unbranched alkanes of at least 4 members (excludes halogenated alkanes) is 4. The zero-order valence-electron chi connectivity index (χ0n) is 22.3. The fraction of sp³-hybridized carbons (Fsp3) is 0.552. The van der Waals surface area contributed by atoms with Crippen molar-refractivity contribution in [2.24, 2.45) is 0 Å². The van der Waals surface area contributed by atoms with Crippen LogP contribution < -0.4 is 0 Å². The molecule has 7 heteroatoms. The summed E-state index contributed by atoms with van der Waals surface area (Å²) < 4.78 is 1.42. The Labute approximate surface area is 236 Å². The van der Waals surface area contributed by atoms with Gasteiger partial charge < -0.3 is 9.59 Å². The molecule has 1 aliphatic carbocycles. The number of phenols is 1. The van der Waals surface area contributed by atoms with Crippen LogP contribution in [-0.4, -0.2) is 41.6 Å². The number of hydrogen-bond donors (Lipinski definition) is 1. The van der Waals surface area contributed by atoms with E-state index in [1.165, 1.54) is 88.1 Å². The molecule has 36 heavy (non-hydrogen) atoms. The van der Waals surface area contributed by atoms with Crippen LogP contribution in [0.25, 0.3) is 16.8 Å². The van der Waals surface area contributed by atoms with Crippen molar-refractivity contribution in [1.82, 2.24) is 0 Å². The quantitative estimate of drug-likeness (QED) is 0.220. The molecule has 2 aromatic carbocycles. The molecule has 208 valence electrons. The van der Waals surface area contributed by atoms with Crippen LogP contribution >= 0.6 is 28.3 Å². The van der Waals surface area contributed by atoms with E-state index in [4.69, 9.17) is 28.3 Å². The summed E-state index contributed by atoms with van der Waals surface area (Å²) in [6.45, 7) is 15.0. The number of benzene rings is 2. The van der Waals surface area contributed by atoms with Crippen molar-refractivity contribution in [2.45, 2.75) is 79.1 Å². The first kappa shape index (κ1) is 33.5. The van der Waals surface area contributed by atoms with Crippen molar-refractivity contribution >= 4 is 50.9 Å². The van der Waals surface area contributed by atoms with Gasteiger partial charge in [0.1, 0.15) is 5.75 Å². The van der Waals surface area contributed by atoms with Crippen LogP contribution in [0, 0.1) is 0 Å². The van der Waals surface area contributed by atoms with Crippen molar-refractivity contribution in [2.75, 3.05) is 26.2 Å². The van der Waals surface area contributed by atoms with Gasteiger partial charge in [0, 0.05) is 5.39 Å². The number of rotatable bonds is 12. The molecule has 0 amide bonds. The zero-order chi connectivity index (χ0) is 27.0. The van der Waals surface area contributed by atoms with Gasteiger partial charge in [-0.3, -0.25) is 4.79 Å². The number of nitrogens with zero attached hydrogens (tertiary/aromatic N) is 1. The number of carbonyl (C=O) groups excluding carboxylic acids is 1. The number of quaternary nitrogens is 1. The fourth-order valence-electron chi connectivity index (χ4n) is 4.68. The molecule has 0 fully saturated rings. The second-order valence-electron chi connectivity index (χ2n) is 9.39. The van der Waals surface area contributed by atoms with Gasteiger partial charge in [-0.15, -0.1) is 0 Å². The van der Waals surface area contributed by atoms with E-state index in [0.29, 0.717) is 5.56 Å². The van der Waals surface area contributed by atoms with Gasteiger partial charge in [-0.05, 0) is 48.8 Å². The SMILES string of the molecule is CCCC[N+](CCCC)(CCCC)CCCC.O=C1C=Cc2cccc3ccc(O)c1c23.[Cl][Pt-]([Cl])[Cl]. The maximum absolute atomic E-state index is 11.6. The summed E-state index contributed by atoms with van der Waals surface area (Å²) in [6, 6.07) is 9.21. The van der Waals surface area contributed by atoms with E-state index < -0.39 is 14.2 Å². The van der Waals surface area contributed by atoms with Crippen molar-refractivity contribution in [3.63, 3.8) is 0 Å². The first-order valence-corrected chi connectivity index (χ1v) is 21.6. The van der Waals surface area contributed by atoms with E-state index >= 15 is 0 Å². The Morgan fingerprint density at radius 2 is 1.22 bits per heavy atom. The Balaban J connectivity index is 0.000000314. The summed E-state index contributed by atoms with van der Waals surface area (Å²) in [5, 5.41) is 11.5. The normalized spacial score (nSPS) is 12.5. The van der Waals surface area contributed by atoms with Crippen molar-refractivity contribution < 1.29 is 28.6 Å². The zero-order valence-corrected chi connectivity index (χ0v) is 26.8. The maximum atomic E-state index is 11.6. The molecular formula is C29H44Cl3NO2Pt. The minimum atomic E-state index is -1.85. The van der Waals surface area contributed by atoms with E-state index in [9.17, 15) is 9.90 Å².